The molecule has 0 atom stereocenters. The van der Waals surface area contributed by atoms with Gasteiger partial charge in [-0.25, -0.2) is 4.98 Å². The van der Waals surface area contributed by atoms with Crippen LogP contribution in [0.3, 0.4) is 0 Å². The highest BCUT2D eigenvalue weighted by Crippen LogP contribution is 2.23. The predicted octanol–water partition coefficient (Wildman–Crippen LogP) is 4.09. The second-order valence-electron chi connectivity index (χ2n) is 5.43. The molecule has 0 aliphatic heterocycles. The van der Waals surface area contributed by atoms with Crippen LogP contribution in [0.25, 0.3) is 0 Å². The van der Waals surface area contributed by atoms with Gasteiger partial charge in [-0.15, -0.1) is 0 Å². The Bertz CT molecular complexity index is 539. The summed E-state index contributed by atoms with van der Waals surface area (Å²) in [6.07, 6.45) is 2.93. The zero-order chi connectivity index (χ0) is 15.1. The van der Waals surface area contributed by atoms with Gasteiger partial charge in [0, 0.05) is 25.0 Å². The minimum atomic E-state index is 0.678. The standard InChI is InChI=1S/C17H24N4/c1-4-21(15-8-6-5-7-9-15)16-11-13-19-17(20-16)18-12-10-14(2)3/h5-9,11,13-14H,4,10,12H2,1-3H3,(H,18,19,20). The van der Waals surface area contributed by atoms with Crippen molar-refractivity contribution in [2.75, 3.05) is 23.3 Å². The summed E-state index contributed by atoms with van der Waals surface area (Å²) in [5, 5.41) is 3.30. The van der Waals surface area contributed by atoms with Crippen molar-refractivity contribution in [2.45, 2.75) is 27.2 Å². The monoisotopic (exact) mass is 284 g/mol. The summed E-state index contributed by atoms with van der Waals surface area (Å²) in [7, 11) is 0. The third-order valence-corrected chi connectivity index (χ3v) is 3.31. The van der Waals surface area contributed by atoms with Crippen LogP contribution in [0.15, 0.2) is 42.6 Å². The molecule has 1 aromatic carbocycles. The minimum Gasteiger partial charge on any atom is -0.354 e. The smallest absolute Gasteiger partial charge is 0.224 e. The van der Waals surface area contributed by atoms with Crippen LogP contribution >= 0.6 is 0 Å². The van der Waals surface area contributed by atoms with Crippen molar-refractivity contribution in [3.63, 3.8) is 0 Å². The number of anilines is 3. The minimum absolute atomic E-state index is 0.678. The van der Waals surface area contributed by atoms with Crippen LogP contribution in [0, 0.1) is 5.92 Å². The van der Waals surface area contributed by atoms with Crippen molar-refractivity contribution in [1.82, 2.24) is 9.97 Å². The first-order chi connectivity index (χ1) is 10.2. The second kappa shape index (κ2) is 7.62. The molecule has 1 aromatic heterocycles. The van der Waals surface area contributed by atoms with Crippen molar-refractivity contribution >= 4 is 17.5 Å². The molecular weight excluding hydrogens is 260 g/mol. The van der Waals surface area contributed by atoms with E-state index in [4.69, 9.17) is 0 Å². The quantitative estimate of drug-likeness (QED) is 0.831. The summed E-state index contributed by atoms with van der Waals surface area (Å²) in [5.74, 6) is 2.30. The maximum atomic E-state index is 4.62. The Morgan fingerprint density at radius 3 is 2.57 bits per heavy atom. The van der Waals surface area contributed by atoms with Crippen molar-refractivity contribution in [1.29, 1.82) is 0 Å². The largest absolute Gasteiger partial charge is 0.354 e. The lowest BCUT2D eigenvalue weighted by atomic mass is 10.1. The van der Waals surface area contributed by atoms with E-state index in [1.165, 1.54) is 0 Å². The molecule has 0 radical (unpaired) electrons. The molecule has 112 valence electrons. The normalized spacial score (nSPS) is 10.7. The number of rotatable bonds is 7. The van der Waals surface area contributed by atoms with E-state index in [-0.39, 0.29) is 0 Å². The van der Waals surface area contributed by atoms with E-state index in [0.29, 0.717) is 11.9 Å². The molecule has 21 heavy (non-hydrogen) atoms. The molecule has 4 heteroatoms. The van der Waals surface area contributed by atoms with Crippen LogP contribution in [0.5, 0.6) is 0 Å². The first-order valence-corrected chi connectivity index (χ1v) is 7.60. The summed E-state index contributed by atoms with van der Waals surface area (Å²) < 4.78 is 0. The van der Waals surface area contributed by atoms with E-state index in [9.17, 15) is 0 Å². The second-order valence-corrected chi connectivity index (χ2v) is 5.43. The van der Waals surface area contributed by atoms with Gasteiger partial charge in [0.1, 0.15) is 5.82 Å². The highest BCUT2D eigenvalue weighted by atomic mass is 15.2. The Hall–Kier alpha value is -2.10. The zero-order valence-electron chi connectivity index (χ0n) is 13.1. The van der Waals surface area contributed by atoms with Crippen molar-refractivity contribution in [3.05, 3.63) is 42.6 Å². The Labute approximate surface area is 127 Å². The summed E-state index contributed by atoms with van der Waals surface area (Å²) in [6.45, 7) is 8.33. The van der Waals surface area contributed by atoms with E-state index in [2.05, 4.69) is 53.1 Å². The molecule has 0 bridgehead atoms. The van der Waals surface area contributed by atoms with Crippen LogP contribution < -0.4 is 10.2 Å². The van der Waals surface area contributed by atoms with Gasteiger partial charge >= 0.3 is 0 Å². The molecule has 0 aliphatic carbocycles. The average molecular weight is 284 g/mol. The maximum absolute atomic E-state index is 4.62. The van der Waals surface area contributed by atoms with Gasteiger partial charge in [-0.1, -0.05) is 32.0 Å². The highest BCUT2D eigenvalue weighted by molar-refractivity contribution is 5.60. The number of hydrogen-bond acceptors (Lipinski definition) is 4. The van der Waals surface area contributed by atoms with E-state index in [1.807, 2.05) is 30.5 Å². The van der Waals surface area contributed by atoms with E-state index in [0.717, 1.165) is 31.0 Å². The Kier molecular flexibility index (Phi) is 5.55. The van der Waals surface area contributed by atoms with Crippen molar-refractivity contribution < 1.29 is 0 Å². The van der Waals surface area contributed by atoms with Gasteiger partial charge in [-0.3, -0.25) is 0 Å². The SMILES string of the molecule is CCN(c1ccccc1)c1ccnc(NCCC(C)C)n1. The molecule has 2 aromatic rings. The van der Waals surface area contributed by atoms with E-state index >= 15 is 0 Å². The van der Waals surface area contributed by atoms with Crippen LogP contribution in [0.4, 0.5) is 17.5 Å². The lowest BCUT2D eigenvalue weighted by Crippen LogP contribution is -2.18. The van der Waals surface area contributed by atoms with Gasteiger partial charge in [-0.2, -0.15) is 4.98 Å². The first kappa shape index (κ1) is 15.3. The number of hydrogen-bond donors (Lipinski definition) is 1. The summed E-state index contributed by atoms with van der Waals surface area (Å²) in [4.78, 5) is 11.1. The van der Waals surface area contributed by atoms with Crippen LogP contribution in [0.2, 0.25) is 0 Å². The Morgan fingerprint density at radius 1 is 1.14 bits per heavy atom. The molecule has 0 aliphatic rings. The molecular formula is C17H24N4. The molecule has 1 heterocycles. The molecule has 4 nitrogen and oxygen atoms in total. The topological polar surface area (TPSA) is 41.1 Å². The van der Waals surface area contributed by atoms with Crippen LogP contribution in [0.1, 0.15) is 27.2 Å². The van der Waals surface area contributed by atoms with Gasteiger partial charge in [-0.05, 0) is 37.5 Å². The lowest BCUT2D eigenvalue weighted by Gasteiger charge is -2.22. The van der Waals surface area contributed by atoms with Crippen LogP contribution in [-0.2, 0) is 0 Å². The van der Waals surface area contributed by atoms with E-state index in [1.54, 1.807) is 0 Å². The van der Waals surface area contributed by atoms with Gasteiger partial charge in [0.05, 0.1) is 0 Å². The molecule has 2 rings (SSSR count). The van der Waals surface area contributed by atoms with Gasteiger partial charge < -0.3 is 10.2 Å². The lowest BCUT2D eigenvalue weighted by molar-refractivity contribution is 0.606. The molecule has 0 saturated heterocycles. The summed E-state index contributed by atoms with van der Waals surface area (Å²) in [6, 6.07) is 12.2. The van der Waals surface area contributed by atoms with Gasteiger partial charge in [0.2, 0.25) is 5.95 Å². The molecule has 0 saturated carbocycles. The zero-order valence-corrected chi connectivity index (χ0v) is 13.1. The summed E-state index contributed by atoms with van der Waals surface area (Å²) in [5.41, 5.74) is 1.15. The fourth-order valence-corrected chi connectivity index (χ4v) is 2.14. The number of para-hydroxylation sites is 1. The first-order valence-electron chi connectivity index (χ1n) is 7.60. The van der Waals surface area contributed by atoms with Gasteiger partial charge in [0.25, 0.3) is 0 Å². The summed E-state index contributed by atoms with van der Waals surface area (Å²) >= 11 is 0. The third-order valence-electron chi connectivity index (χ3n) is 3.31. The fourth-order valence-electron chi connectivity index (χ4n) is 2.14. The van der Waals surface area contributed by atoms with Crippen LogP contribution in [-0.4, -0.2) is 23.1 Å². The molecule has 0 spiro atoms. The number of aromatic nitrogens is 2. The van der Waals surface area contributed by atoms with Crippen molar-refractivity contribution in [3.8, 4) is 0 Å². The highest BCUT2D eigenvalue weighted by Gasteiger charge is 2.09. The van der Waals surface area contributed by atoms with E-state index < -0.39 is 0 Å². The Balaban J connectivity index is 2.11. The number of nitrogens with one attached hydrogen (secondary N) is 1. The predicted molar refractivity (Wildman–Crippen MR) is 89.1 cm³/mol. The average Bonchev–Trinajstić information content (AvgIpc) is 2.49. The van der Waals surface area contributed by atoms with Gasteiger partial charge in [0.15, 0.2) is 0 Å². The number of nitrogens with zero attached hydrogens (tertiary/aromatic N) is 3. The Morgan fingerprint density at radius 2 is 1.90 bits per heavy atom. The molecule has 0 unspecified atom stereocenters. The third kappa shape index (κ3) is 4.45. The maximum Gasteiger partial charge on any atom is 0.224 e. The molecule has 0 fully saturated rings. The van der Waals surface area contributed by atoms with Crippen molar-refractivity contribution in [2.24, 2.45) is 5.92 Å². The number of benzene rings is 1. The molecule has 1 N–H and O–H groups in total. The fraction of sp³-hybridized carbons (Fsp3) is 0.412. The molecule has 0 amide bonds.